The molecule has 0 aliphatic carbocycles. The molecule has 7 nitrogen and oxygen atoms in total. The number of nitrogens with zero attached hydrogens (tertiary/aromatic N) is 1. The minimum Gasteiger partial charge on any atom is -0.443 e. The Hall–Kier alpha value is -0.880. The van der Waals surface area contributed by atoms with Crippen LogP contribution in [0.1, 0.15) is 40.5 Å². The van der Waals surface area contributed by atoms with Crippen molar-refractivity contribution in [1.29, 1.82) is 0 Å². The van der Waals surface area contributed by atoms with Crippen molar-refractivity contribution in [1.82, 2.24) is 4.31 Å². The van der Waals surface area contributed by atoms with Crippen LogP contribution in [0.15, 0.2) is 0 Å². The summed E-state index contributed by atoms with van der Waals surface area (Å²) in [5.74, 6) is -1.76. The fraction of sp³-hybridized carbons (Fsp3) is 0.875. The quantitative estimate of drug-likeness (QED) is 0.503. The van der Waals surface area contributed by atoms with E-state index in [2.05, 4.69) is 15.9 Å². The Morgan fingerprint density at radius 3 is 2.29 bits per heavy atom. The second-order valence-electron chi connectivity index (χ2n) is 7.68. The summed E-state index contributed by atoms with van der Waals surface area (Å²) in [6.07, 6.45) is -8.89. The van der Waals surface area contributed by atoms with Crippen molar-refractivity contribution >= 4 is 37.8 Å². The number of sulfonamides is 1. The van der Waals surface area contributed by atoms with Crippen LogP contribution in [-0.2, 0) is 24.3 Å². The fourth-order valence-corrected chi connectivity index (χ4v) is 4.36. The Labute approximate surface area is 171 Å². The number of amides is 1. The molecule has 1 aliphatic heterocycles. The van der Waals surface area contributed by atoms with Crippen LogP contribution >= 0.6 is 15.9 Å². The van der Waals surface area contributed by atoms with Gasteiger partial charge in [-0.15, -0.1) is 0 Å². The molecule has 0 saturated carbocycles. The molecule has 164 valence electrons. The van der Waals surface area contributed by atoms with Gasteiger partial charge in [-0.2, -0.15) is 13.2 Å². The number of halogens is 4. The van der Waals surface area contributed by atoms with Crippen LogP contribution in [0.2, 0.25) is 0 Å². The number of rotatable bonds is 7. The highest BCUT2D eigenvalue weighted by molar-refractivity contribution is 9.09. The molecule has 0 N–H and O–H groups in total. The van der Waals surface area contributed by atoms with Gasteiger partial charge in [-0.3, -0.25) is 4.79 Å². The SMILES string of the molecule is C[C@H]1C[C@@H](CN(C(=O)OC(C)(C)C)S(=O)(=O)CCC(F)(F)F)O[C@H]1C(=O)CBr. The van der Waals surface area contributed by atoms with E-state index in [9.17, 15) is 31.2 Å². The van der Waals surface area contributed by atoms with E-state index in [0.29, 0.717) is 0 Å². The van der Waals surface area contributed by atoms with Crippen LogP contribution in [0.25, 0.3) is 0 Å². The molecule has 0 bridgehead atoms. The maximum absolute atomic E-state index is 12.5. The lowest BCUT2D eigenvalue weighted by atomic mass is 9.99. The van der Waals surface area contributed by atoms with Gasteiger partial charge < -0.3 is 9.47 Å². The predicted molar refractivity (Wildman–Crippen MR) is 98.6 cm³/mol. The Kier molecular flexibility index (Phi) is 8.35. The monoisotopic (exact) mass is 495 g/mol. The zero-order valence-electron chi connectivity index (χ0n) is 16.1. The largest absolute Gasteiger partial charge is 0.443 e. The lowest BCUT2D eigenvalue weighted by Crippen LogP contribution is -2.46. The summed E-state index contributed by atoms with van der Waals surface area (Å²) in [5.41, 5.74) is -1.05. The predicted octanol–water partition coefficient (Wildman–Crippen LogP) is 3.26. The third-order valence-corrected chi connectivity index (χ3v) is 6.13. The van der Waals surface area contributed by atoms with Gasteiger partial charge in [0.2, 0.25) is 10.0 Å². The number of hydrogen-bond donors (Lipinski definition) is 0. The first kappa shape index (κ1) is 25.2. The van der Waals surface area contributed by atoms with E-state index in [1.165, 1.54) is 20.8 Å². The average molecular weight is 496 g/mol. The highest BCUT2D eigenvalue weighted by Crippen LogP contribution is 2.29. The molecule has 0 aromatic heterocycles. The second-order valence-corrected chi connectivity index (χ2v) is 10.3. The first-order valence-corrected chi connectivity index (χ1v) is 11.3. The van der Waals surface area contributed by atoms with Gasteiger partial charge >= 0.3 is 12.3 Å². The van der Waals surface area contributed by atoms with Crippen molar-refractivity contribution in [3.8, 4) is 0 Å². The highest BCUT2D eigenvalue weighted by Gasteiger charge is 2.42. The van der Waals surface area contributed by atoms with Crippen molar-refractivity contribution in [3.05, 3.63) is 0 Å². The smallest absolute Gasteiger partial charge is 0.424 e. The van der Waals surface area contributed by atoms with Gasteiger partial charge in [0.1, 0.15) is 11.7 Å². The van der Waals surface area contributed by atoms with Gasteiger partial charge in [-0.25, -0.2) is 17.5 Å². The summed E-state index contributed by atoms with van der Waals surface area (Å²) in [5, 5.41) is 0.0500. The van der Waals surface area contributed by atoms with E-state index in [4.69, 9.17) is 9.47 Å². The number of Topliss-reactive ketones (excluding diaryl/α,β-unsaturated/α-hetero) is 1. The molecule has 1 heterocycles. The van der Waals surface area contributed by atoms with Gasteiger partial charge in [-0.1, -0.05) is 22.9 Å². The molecule has 0 aromatic carbocycles. The molecule has 28 heavy (non-hydrogen) atoms. The van der Waals surface area contributed by atoms with Gasteiger partial charge in [0.05, 0.1) is 30.2 Å². The molecular weight excluding hydrogens is 471 g/mol. The van der Waals surface area contributed by atoms with E-state index >= 15 is 0 Å². The maximum atomic E-state index is 12.5. The summed E-state index contributed by atoms with van der Waals surface area (Å²) < 4.78 is 73.2. The summed E-state index contributed by atoms with van der Waals surface area (Å²) >= 11 is 3.03. The topological polar surface area (TPSA) is 90.0 Å². The van der Waals surface area contributed by atoms with Crippen molar-refractivity contribution in [2.75, 3.05) is 17.6 Å². The number of ether oxygens (including phenoxy) is 2. The van der Waals surface area contributed by atoms with Crippen LogP contribution in [0.3, 0.4) is 0 Å². The highest BCUT2D eigenvalue weighted by atomic mass is 79.9. The van der Waals surface area contributed by atoms with Crippen LogP contribution in [0.4, 0.5) is 18.0 Å². The van der Waals surface area contributed by atoms with E-state index < -0.39 is 58.8 Å². The molecule has 1 amide bonds. The number of carbonyl (C=O) groups is 2. The van der Waals surface area contributed by atoms with Crippen LogP contribution in [-0.4, -0.2) is 66.2 Å². The van der Waals surface area contributed by atoms with E-state index in [-0.39, 0.29) is 27.8 Å². The number of ketones is 1. The van der Waals surface area contributed by atoms with Crippen LogP contribution in [0, 0.1) is 5.92 Å². The molecule has 1 rings (SSSR count). The molecule has 3 atom stereocenters. The zero-order valence-corrected chi connectivity index (χ0v) is 18.5. The third-order valence-electron chi connectivity index (χ3n) is 3.89. The Bertz CT molecular complexity index is 677. The maximum Gasteiger partial charge on any atom is 0.424 e. The molecule has 1 fully saturated rings. The molecular formula is C16H25BrF3NO6S. The third kappa shape index (κ3) is 7.86. The van der Waals surface area contributed by atoms with E-state index in [0.717, 1.165) is 0 Å². The van der Waals surface area contributed by atoms with Crippen molar-refractivity contribution < 1.29 is 40.7 Å². The summed E-state index contributed by atoms with van der Waals surface area (Å²) in [4.78, 5) is 24.3. The molecule has 1 saturated heterocycles. The Morgan fingerprint density at radius 2 is 1.82 bits per heavy atom. The average Bonchev–Trinajstić information content (AvgIpc) is 2.88. The minimum absolute atomic E-state index is 0.0500. The lowest BCUT2D eigenvalue weighted by molar-refractivity contribution is -0.130. The molecule has 0 radical (unpaired) electrons. The van der Waals surface area contributed by atoms with Crippen molar-refractivity contribution in [3.63, 3.8) is 0 Å². The van der Waals surface area contributed by atoms with E-state index in [1.54, 1.807) is 6.92 Å². The molecule has 0 unspecified atom stereocenters. The molecule has 12 heteroatoms. The molecule has 1 aliphatic rings. The Balaban J connectivity index is 3.02. The van der Waals surface area contributed by atoms with Crippen molar-refractivity contribution in [2.45, 2.75) is 64.5 Å². The molecule has 0 spiro atoms. The van der Waals surface area contributed by atoms with Gasteiger partial charge in [0.25, 0.3) is 0 Å². The van der Waals surface area contributed by atoms with Crippen LogP contribution in [0.5, 0.6) is 0 Å². The normalized spacial score (nSPS) is 23.5. The standard InChI is InChI=1S/C16H25BrF3NO6S/c1-10-7-11(26-13(10)12(22)8-17)9-21(14(23)27-15(2,3)4)28(24,25)6-5-16(18,19)20/h10-11,13H,5-9H2,1-4H3/t10-,11-,13+/m0/s1. The van der Waals surface area contributed by atoms with E-state index in [1.807, 2.05) is 0 Å². The summed E-state index contributed by atoms with van der Waals surface area (Å²) in [6, 6.07) is 0. The number of carbonyl (C=O) groups excluding carboxylic acids is 2. The Morgan fingerprint density at radius 1 is 1.25 bits per heavy atom. The zero-order chi connectivity index (χ0) is 21.9. The molecule has 0 aromatic rings. The van der Waals surface area contributed by atoms with Crippen LogP contribution < -0.4 is 0 Å². The summed E-state index contributed by atoms with van der Waals surface area (Å²) in [7, 11) is -4.61. The second kappa shape index (κ2) is 9.29. The number of alkyl halides is 4. The van der Waals surface area contributed by atoms with Gasteiger partial charge in [-0.05, 0) is 33.1 Å². The van der Waals surface area contributed by atoms with Gasteiger partial charge in [0, 0.05) is 0 Å². The number of hydrogen-bond acceptors (Lipinski definition) is 6. The van der Waals surface area contributed by atoms with Crippen molar-refractivity contribution in [2.24, 2.45) is 5.92 Å². The first-order valence-electron chi connectivity index (χ1n) is 8.60. The minimum atomic E-state index is -4.70. The first-order chi connectivity index (χ1) is 12.6. The van der Waals surface area contributed by atoms with Gasteiger partial charge in [0.15, 0.2) is 5.78 Å². The summed E-state index contributed by atoms with van der Waals surface area (Å²) in [6.45, 7) is 5.73. The fourth-order valence-electron chi connectivity index (χ4n) is 2.68. The lowest BCUT2D eigenvalue weighted by Gasteiger charge is -2.28.